The van der Waals surface area contributed by atoms with Gasteiger partial charge in [0, 0.05) is 13.9 Å². The van der Waals surface area contributed by atoms with Gasteiger partial charge in [0.05, 0.1) is 0 Å². The van der Waals surface area contributed by atoms with Crippen molar-refractivity contribution in [3.63, 3.8) is 0 Å². The Labute approximate surface area is 76.5 Å². The van der Waals surface area contributed by atoms with Gasteiger partial charge in [-0.05, 0) is 18.8 Å². The lowest BCUT2D eigenvalue weighted by atomic mass is 9.88. The van der Waals surface area contributed by atoms with E-state index in [9.17, 15) is 4.79 Å². The Balaban J connectivity index is 0. The molecule has 0 bridgehead atoms. The Morgan fingerprint density at radius 2 is 2.17 bits per heavy atom. The third-order valence-electron chi connectivity index (χ3n) is 2.13. The van der Waals surface area contributed by atoms with Crippen LogP contribution in [0.3, 0.4) is 0 Å². The van der Waals surface area contributed by atoms with E-state index in [1.807, 2.05) is 0 Å². The van der Waals surface area contributed by atoms with Crippen LogP contribution < -0.4 is 5.32 Å². The van der Waals surface area contributed by atoms with E-state index in [4.69, 9.17) is 0 Å². The van der Waals surface area contributed by atoms with Gasteiger partial charge >= 0.3 is 0 Å². The van der Waals surface area contributed by atoms with Gasteiger partial charge in [-0.15, -0.1) is 13.2 Å². The minimum atomic E-state index is 0. The highest BCUT2D eigenvalue weighted by Gasteiger charge is 2.24. The van der Waals surface area contributed by atoms with Gasteiger partial charge in [-0.2, -0.15) is 0 Å². The van der Waals surface area contributed by atoms with Crippen LogP contribution >= 0.6 is 0 Å². The summed E-state index contributed by atoms with van der Waals surface area (Å²) in [4.78, 5) is 11.1. The summed E-state index contributed by atoms with van der Waals surface area (Å²) in [6.45, 7) is 11.1. The third-order valence-corrected chi connectivity index (χ3v) is 2.13. The van der Waals surface area contributed by atoms with E-state index in [0.717, 1.165) is 19.4 Å². The van der Waals surface area contributed by atoms with Gasteiger partial charge in [-0.25, -0.2) is 0 Å². The highest BCUT2D eigenvalue weighted by molar-refractivity contribution is 5.79. The molecular weight excluding hydrogens is 150 g/mol. The Hall–Kier alpha value is -0.790. The lowest BCUT2D eigenvalue weighted by Crippen LogP contribution is -2.38. The fraction of sp³-hybridized carbons (Fsp3) is 0.700. The first-order chi connectivity index (χ1) is 5.72. The van der Waals surface area contributed by atoms with Crippen molar-refractivity contribution in [2.75, 3.05) is 6.54 Å². The molecule has 72 valence electrons. The molecule has 0 aliphatic carbocycles. The molecule has 0 saturated carbocycles. The summed E-state index contributed by atoms with van der Waals surface area (Å²) in [5, 5.41) is 2.87. The number of piperidine rings is 1. The molecule has 0 aromatic heterocycles. The summed E-state index contributed by atoms with van der Waals surface area (Å²) in [6.07, 6.45) is 2.22. The van der Waals surface area contributed by atoms with Crippen molar-refractivity contribution in [3.05, 3.63) is 13.2 Å². The van der Waals surface area contributed by atoms with E-state index in [2.05, 4.69) is 32.3 Å². The highest BCUT2D eigenvalue weighted by atomic mass is 16.1. The number of rotatable bonds is 1. The maximum Gasteiger partial charge on any atom is 0.223 e. The summed E-state index contributed by atoms with van der Waals surface area (Å²) in [5.41, 5.74) is 0. The van der Waals surface area contributed by atoms with Gasteiger partial charge < -0.3 is 5.32 Å². The van der Waals surface area contributed by atoms with Crippen molar-refractivity contribution >= 4 is 5.91 Å². The van der Waals surface area contributed by atoms with Crippen molar-refractivity contribution < 1.29 is 6.22 Å². The van der Waals surface area contributed by atoms with E-state index >= 15 is 0 Å². The van der Waals surface area contributed by atoms with Crippen molar-refractivity contribution in [2.45, 2.75) is 26.7 Å². The van der Waals surface area contributed by atoms with Crippen LogP contribution in [0.5, 0.6) is 0 Å². The summed E-state index contributed by atoms with van der Waals surface area (Å²) in [6, 6.07) is 0. The van der Waals surface area contributed by atoms with Gasteiger partial charge in [0.15, 0.2) is 0 Å². The van der Waals surface area contributed by atoms with E-state index in [1.54, 1.807) is 0 Å². The molecule has 1 N–H and O–H groups in total. The molecule has 2 nitrogen and oxygen atoms in total. The zero-order chi connectivity index (χ0) is 9.56. The molecule has 12 heavy (non-hydrogen) atoms. The van der Waals surface area contributed by atoms with Crippen LogP contribution in [-0.2, 0) is 4.79 Å². The number of amides is 1. The second-order valence-electron chi connectivity index (χ2n) is 3.28. The topological polar surface area (TPSA) is 29.1 Å². The monoisotopic (exact) mass is 171 g/mol. The van der Waals surface area contributed by atoms with Crippen molar-refractivity contribution in [1.29, 1.82) is 0 Å². The number of carbonyl (C=O) groups excluding carboxylic acids is 1. The molecule has 1 heterocycles. The lowest BCUT2D eigenvalue weighted by molar-refractivity contribution is -0.128. The second-order valence-corrected chi connectivity index (χ2v) is 3.28. The summed E-state index contributed by atoms with van der Waals surface area (Å²) < 4.78 is 0. The molecule has 0 aromatic rings. The van der Waals surface area contributed by atoms with Crippen LogP contribution in [0.1, 0.15) is 28.1 Å². The molecule has 0 aromatic carbocycles. The Morgan fingerprint density at radius 3 is 2.50 bits per heavy atom. The molecule has 0 unspecified atom stereocenters. The van der Waals surface area contributed by atoms with Gasteiger partial charge in [0.2, 0.25) is 5.91 Å². The average molecular weight is 171 g/mol. The van der Waals surface area contributed by atoms with E-state index in [-0.39, 0.29) is 13.3 Å². The van der Waals surface area contributed by atoms with Crippen LogP contribution in [0.2, 0.25) is 0 Å². The van der Waals surface area contributed by atoms with Crippen LogP contribution in [-0.4, -0.2) is 12.5 Å². The SMILES string of the molecule is C=C.CC(C)[C@H]1CCCNC1=O.[HH]. The lowest BCUT2D eigenvalue weighted by Gasteiger charge is -2.24. The van der Waals surface area contributed by atoms with Gasteiger partial charge in [0.1, 0.15) is 0 Å². The average Bonchev–Trinajstić information content (AvgIpc) is 2.08. The first-order valence-corrected chi connectivity index (χ1v) is 4.49. The first-order valence-electron chi connectivity index (χ1n) is 4.49. The molecule has 0 radical (unpaired) electrons. The molecule has 1 atom stereocenters. The van der Waals surface area contributed by atoms with Gasteiger partial charge in [0.25, 0.3) is 0 Å². The smallest absolute Gasteiger partial charge is 0.223 e. The van der Waals surface area contributed by atoms with Crippen molar-refractivity contribution in [1.82, 2.24) is 5.32 Å². The number of hydrogen-bond donors (Lipinski definition) is 1. The summed E-state index contributed by atoms with van der Waals surface area (Å²) in [5.74, 6) is 1.02. The van der Waals surface area contributed by atoms with Gasteiger partial charge in [-0.3, -0.25) is 4.79 Å². The number of nitrogens with one attached hydrogen (secondary N) is 1. The Bertz CT molecular complexity index is 148. The molecule has 1 aliphatic rings. The summed E-state index contributed by atoms with van der Waals surface area (Å²) >= 11 is 0. The third kappa shape index (κ3) is 3.07. The zero-order valence-electron chi connectivity index (χ0n) is 8.10. The molecule has 0 spiro atoms. The highest BCUT2D eigenvalue weighted by Crippen LogP contribution is 2.19. The Kier molecular flexibility index (Phi) is 5.43. The molecule has 1 fully saturated rings. The molecule has 1 rings (SSSR count). The van der Waals surface area contributed by atoms with E-state index in [1.165, 1.54) is 0 Å². The van der Waals surface area contributed by atoms with E-state index in [0.29, 0.717) is 5.92 Å². The molecule has 1 saturated heterocycles. The normalized spacial score (nSPS) is 22.6. The predicted octanol–water partition coefficient (Wildman–Crippen LogP) is 2.22. The van der Waals surface area contributed by atoms with Crippen LogP contribution in [0.4, 0.5) is 0 Å². The number of hydrogen-bond acceptors (Lipinski definition) is 1. The van der Waals surface area contributed by atoms with Crippen molar-refractivity contribution in [2.24, 2.45) is 11.8 Å². The fourth-order valence-corrected chi connectivity index (χ4v) is 1.43. The van der Waals surface area contributed by atoms with Crippen LogP contribution in [0.15, 0.2) is 13.2 Å². The number of carbonyl (C=O) groups is 1. The summed E-state index contributed by atoms with van der Waals surface area (Å²) in [7, 11) is 0. The van der Waals surface area contributed by atoms with E-state index < -0.39 is 0 Å². The van der Waals surface area contributed by atoms with Crippen molar-refractivity contribution in [3.8, 4) is 0 Å². The predicted molar refractivity (Wildman–Crippen MR) is 53.9 cm³/mol. The van der Waals surface area contributed by atoms with Crippen LogP contribution in [0, 0.1) is 11.8 Å². The Morgan fingerprint density at radius 1 is 1.58 bits per heavy atom. The van der Waals surface area contributed by atoms with Crippen LogP contribution in [0.25, 0.3) is 0 Å². The molecule has 1 amide bonds. The molecular formula is C10H21NO. The fourth-order valence-electron chi connectivity index (χ4n) is 1.43. The maximum absolute atomic E-state index is 11.1. The first kappa shape index (κ1) is 11.2. The zero-order valence-corrected chi connectivity index (χ0v) is 8.10. The molecule has 2 heteroatoms. The molecule has 1 aliphatic heterocycles. The second kappa shape index (κ2) is 5.81. The van der Waals surface area contributed by atoms with Gasteiger partial charge in [-0.1, -0.05) is 13.8 Å². The standard InChI is InChI=1S/C8H15NO.C2H4.H2/c1-6(2)7-4-3-5-9-8(7)10;1-2;/h6-7H,3-5H2,1-2H3,(H,9,10);1-2H2;1H/t7-;;/m1../s1. The quantitative estimate of drug-likeness (QED) is 0.602. The minimum absolute atomic E-state index is 0. The minimum Gasteiger partial charge on any atom is -0.356 e. The maximum atomic E-state index is 11.1. The largest absolute Gasteiger partial charge is 0.356 e.